The molecule has 0 bridgehead atoms. The van der Waals surface area contributed by atoms with Crippen LogP contribution in [0.2, 0.25) is 0 Å². The molecule has 82 valence electrons. The molecule has 2 heterocycles. The molecule has 1 fully saturated rings. The van der Waals surface area contributed by atoms with Crippen molar-refractivity contribution in [3.05, 3.63) is 16.4 Å². The van der Waals surface area contributed by atoms with E-state index in [-0.39, 0.29) is 12.0 Å². The summed E-state index contributed by atoms with van der Waals surface area (Å²) in [6.45, 7) is 3.42. The van der Waals surface area contributed by atoms with E-state index >= 15 is 0 Å². The second-order valence-electron chi connectivity index (χ2n) is 3.21. The van der Waals surface area contributed by atoms with Crippen molar-refractivity contribution in [2.75, 3.05) is 19.8 Å². The molecule has 0 amide bonds. The minimum absolute atomic E-state index is 0.225. The Balaban J connectivity index is 2.19. The number of hydrogen-bond acceptors (Lipinski definition) is 4. The molecule has 1 aromatic rings. The molecule has 1 aliphatic heterocycles. The van der Waals surface area contributed by atoms with Crippen LogP contribution in [0.15, 0.2) is 10.8 Å². The monoisotopic (exact) mass is 274 g/mol. The molecule has 1 aliphatic rings. The molecule has 6 heteroatoms. The summed E-state index contributed by atoms with van der Waals surface area (Å²) in [5.74, 6) is -0.351. The van der Waals surface area contributed by atoms with Crippen LogP contribution >= 0.6 is 15.9 Å². The second kappa shape index (κ2) is 4.32. The first-order valence-electron chi connectivity index (χ1n) is 4.72. The molecule has 15 heavy (non-hydrogen) atoms. The fourth-order valence-electron chi connectivity index (χ4n) is 1.31. The smallest absolute Gasteiger partial charge is 0.342 e. The number of halogens is 1. The highest BCUT2D eigenvalue weighted by Crippen LogP contribution is 2.25. The Hall–Kier alpha value is -0.880. The zero-order valence-electron chi connectivity index (χ0n) is 8.27. The predicted molar refractivity (Wildman–Crippen MR) is 55.7 cm³/mol. The van der Waals surface area contributed by atoms with Crippen molar-refractivity contribution >= 4 is 21.9 Å². The Morgan fingerprint density at radius 3 is 3.07 bits per heavy atom. The molecule has 2 rings (SSSR count). The Bertz CT molecular complexity index is 373. The highest BCUT2D eigenvalue weighted by atomic mass is 79.9. The van der Waals surface area contributed by atoms with E-state index in [4.69, 9.17) is 9.47 Å². The van der Waals surface area contributed by atoms with Crippen LogP contribution in [0.5, 0.6) is 0 Å². The normalized spacial score (nSPS) is 16.1. The molecule has 0 atom stereocenters. The van der Waals surface area contributed by atoms with Crippen molar-refractivity contribution in [2.45, 2.75) is 13.0 Å². The van der Waals surface area contributed by atoms with Gasteiger partial charge in [0.05, 0.1) is 32.1 Å². The van der Waals surface area contributed by atoms with Crippen molar-refractivity contribution in [1.29, 1.82) is 0 Å². The van der Waals surface area contributed by atoms with Crippen molar-refractivity contribution in [1.82, 2.24) is 9.78 Å². The summed E-state index contributed by atoms with van der Waals surface area (Å²) < 4.78 is 12.4. The third-order valence-electron chi connectivity index (χ3n) is 2.20. The highest BCUT2D eigenvalue weighted by molar-refractivity contribution is 9.10. The Kier molecular flexibility index (Phi) is 3.06. The van der Waals surface area contributed by atoms with Gasteiger partial charge in [0, 0.05) is 0 Å². The van der Waals surface area contributed by atoms with E-state index in [1.54, 1.807) is 11.6 Å². The first-order chi connectivity index (χ1) is 7.24. The molecule has 0 N–H and O–H groups in total. The van der Waals surface area contributed by atoms with Gasteiger partial charge in [-0.3, -0.25) is 0 Å². The average Bonchev–Trinajstić information content (AvgIpc) is 2.46. The number of carbonyl (C=O) groups is 1. The zero-order chi connectivity index (χ0) is 10.8. The number of rotatable bonds is 3. The van der Waals surface area contributed by atoms with E-state index in [0.29, 0.717) is 30.0 Å². The van der Waals surface area contributed by atoms with Crippen LogP contribution in [0.1, 0.15) is 23.3 Å². The maximum atomic E-state index is 11.5. The van der Waals surface area contributed by atoms with Gasteiger partial charge in [0.1, 0.15) is 10.2 Å². The molecular formula is C9H11BrN2O3. The zero-order valence-corrected chi connectivity index (χ0v) is 9.86. The molecule has 1 aromatic heterocycles. The predicted octanol–water partition coefficient (Wildman–Crippen LogP) is 1.39. The van der Waals surface area contributed by atoms with Crippen LogP contribution in [0, 0.1) is 0 Å². The van der Waals surface area contributed by atoms with Gasteiger partial charge in [0.25, 0.3) is 0 Å². The summed E-state index contributed by atoms with van der Waals surface area (Å²) in [5.41, 5.74) is 0.462. The molecule has 0 aliphatic carbocycles. The SMILES string of the molecule is CCOC(=O)c1cnn(C2COC2)c1Br. The number of ether oxygens (including phenoxy) is 2. The van der Waals surface area contributed by atoms with Crippen LogP contribution in [0.3, 0.4) is 0 Å². The van der Waals surface area contributed by atoms with E-state index in [9.17, 15) is 4.79 Å². The summed E-state index contributed by atoms with van der Waals surface area (Å²) >= 11 is 3.34. The molecule has 5 nitrogen and oxygen atoms in total. The van der Waals surface area contributed by atoms with E-state index in [1.807, 2.05) is 0 Å². The average molecular weight is 275 g/mol. The van der Waals surface area contributed by atoms with Crippen molar-refractivity contribution in [3.63, 3.8) is 0 Å². The third-order valence-corrected chi connectivity index (χ3v) is 2.99. The molecule has 0 saturated carbocycles. The minimum Gasteiger partial charge on any atom is -0.462 e. The molecule has 0 unspecified atom stereocenters. The Morgan fingerprint density at radius 2 is 2.53 bits per heavy atom. The lowest BCUT2D eigenvalue weighted by atomic mass is 10.3. The van der Waals surface area contributed by atoms with Crippen molar-refractivity contribution in [3.8, 4) is 0 Å². The summed E-state index contributed by atoms with van der Waals surface area (Å²) in [6, 6.07) is 0.225. The maximum Gasteiger partial charge on any atom is 0.342 e. The van der Waals surface area contributed by atoms with E-state index in [2.05, 4.69) is 21.0 Å². The van der Waals surface area contributed by atoms with Gasteiger partial charge in [0.15, 0.2) is 0 Å². The fourth-order valence-corrected chi connectivity index (χ4v) is 1.96. The van der Waals surface area contributed by atoms with Crippen LogP contribution in [0.25, 0.3) is 0 Å². The topological polar surface area (TPSA) is 53.3 Å². The molecule has 0 spiro atoms. The van der Waals surface area contributed by atoms with Crippen LogP contribution in [-0.2, 0) is 9.47 Å². The van der Waals surface area contributed by atoms with Crippen molar-refractivity contribution < 1.29 is 14.3 Å². The summed E-state index contributed by atoms with van der Waals surface area (Å²) in [7, 11) is 0. The summed E-state index contributed by atoms with van der Waals surface area (Å²) in [4.78, 5) is 11.5. The van der Waals surface area contributed by atoms with E-state index < -0.39 is 0 Å². The standard InChI is InChI=1S/C9H11BrN2O3/c1-2-15-9(13)7-3-11-12(8(7)10)6-4-14-5-6/h3,6H,2,4-5H2,1H3. The molecule has 0 aromatic carbocycles. The van der Waals surface area contributed by atoms with Crippen molar-refractivity contribution in [2.24, 2.45) is 0 Å². The first-order valence-corrected chi connectivity index (χ1v) is 5.51. The lowest BCUT2D eigenvalue weighted by Gasteiger charge is -2.26. The number of aromatic nitrogens is 2. The number of esters is 1. The number of nitrogens with zero attached hydrogens (tertiary/aromatic N) is 2. The number of carbonyl (C=O) groups excluding carboxylic acids is 1. The lowest BCUT2D eigenvalue weighted by molar-refractivity contribution is -0.0297. The Morgan fingerprint density at radius 1 is 1.80 bits per heavy atom. The van der Waals surface area contributed by atoms with Gasteiger partial charge in [-0.25, -0.2) is 9.48 Å². The Labute approximate surface area is 95.5 Å². The van der Waals surface area contributed by atoms with Gasteiger partial charge in [0.2, 0.25) is 0 Å². The summed E-state index contributed by atoms with van der Waals surface area (Å²) in [5, 5.41) is 4.13. The van der Waals surface area contributed by atoms with Gasteiger partial charge in [-0.2, -0.15) is 5.10 Å². The third kappa shape index (κ3) is 1.91. The quantitative estimate of drug-likeness (QED) is 0.782. The minimum atomic E-state index is -0.351. The van der Waals surface area contributed by atoms with Crippen LogP contribution < -0.4 is 0 Å². The van der Waals surface area contributed by atoms with Crippen LogP contribution in [-0.4, -0.2) is 35.6 Å². The van der Waals surface area contributed by atoms with E-state index in [1.165, 1.54) is 6.20 Å². The van der Waals surface area contributed by atoms with Gasteiger partial charge in [-0.05, 0) is 22.9 Å². The van der Waals surface area contributed by atoms with Gasteiger partial charge < -0.3 is 9.47 Å². The van der Waals surface area contributed by atoms with E-state index in [0.717, 1.165) is 0 Å². The number of hydrogen-bond donors (Lipinski definition) is 0. The largest absolute Gasteiger partial charge is 0.462 e. The van der Waals surface area contributed by atoms with Gasteiger partial charge in [-0.1, -0.05) is 0 Å². The lowest BCUT2D eigenvalue weighted by Crippen LogP contribution is -2.31. The second-order valence-corrected chi connectivity index (χ2v) is 3.96. The molecular weight excluding hydrogens is 264 g/mol. The molecule has 1 saturated heterocycles. The maximum absolute atomic E-state index is 11.5. The van der Waals surface area contributed by atoms with Gasteiger partial charge >= 0.3 is 5.97 Å². The fraction of sp³-hybridized carbons (Fsp3) is 0.556. The van der Waals surface area contributed by atoms with Crippen LogP contribution in [0.4, 0.5) is 0 Å². The highest BCUT2D eigenvalue weighted by Gasteiger charge is 2.26. The van der Waals surface area contributed by atoms with Gasteiger partial charge in [-0.15, -0.1) is 0 Å². The summed E-state index contributed by atoms with van der Waals surface area (Å²) in [6.07, 6.45) is 1.51. The first kappa shape index (κ1) is 10.6. The molecule has 0 radical (unpaired) electrons.